The van der Waals surface area contributed by atoms with Crippen LogP contribution < -0.4 is 10.6 Å². The molecule has 0 aliphatic carbocycles. The molecular formula is C17H35N3O3S. The molecule has 7 heteroatoms. The van der Waals surface area contributed by atoms with Crippen LogP contribution in [0.25, 0.3) is 0 Å². The summed E-state index contributed by atoms with van der Waals surface area (Å²) in [6.45, 7) is 12.9. The summed E-state index contributed by atoms with van der Waals surface area (Å²) in [6, 6.07) is 0. The fraction of sp³-hybridized carbons (Fsp3) is 0.941. The van der Waals surface area contributed by atoms with Gasteiger partial charge in [-0.05, 0) is 25.2 Å². The van der Waals surface area contributed by atoms with Gasteiger partial charge in [-0.2, -0.15) is 0 Å². The molecule has 0 saturated carbocycles. The average molecular weight is 362 g/mol. The van der Waals surface area contributed by atoms with Crippen molar-refractivity contribution in [2.24, 2.45) is 16.3 Å². The number of guanidine groups is 1. The number of nitrogens with one attached hydrogen (secondary N) is 2. The highest BCUT2D eigenvalue weighted by atomic mass is 32.2. The SMILES string of the molecule is CCNC(=NCC1CCCOC1C(C)(C)C)NCCS(=O)(=O)CC. The van der Waals surface area contributed by atoms with Crippen LogP contribution in [0.1, 0.15) is 47.5 Å². The van der Waals surface area contributed by atoms with Crippen molar-refractivity contribution < 1.29 is 13.2 Å². The molecule has 0 radical (unpaired) electrons. The molecule has 1 aliphatic rings. The van der Waals surface area contributed by atoms with Gasteiger partial charge in [-0.25, -0.2) is 8.42 Å². The smallest absolute Gasteiger partial charge is 0.191 e. The highest BCUT2D eigenvalue weighted by molar-refractivity contribution is 7.91. The molecule has 1 fully saturated rings. The zero-order valence-corrected chi connectivity index (χ0v) is 16.7. The molecule has 2 unspecified atom stereocenters. The Bertz CT molecular complexity index is 498. The van der Waals surface area contributed by atoms with Crippen LogP contribution in [-0.4, -0.2) is 58.2 Å². The Morgan fingerprint density at radius 2 is 1.96 bits per heavy atom. The summed E-state index contributed by atoms with van der Waals surface area (Å²) in [5.41, 5.74) is 0.0988. The maximum atomic E-state index is 11.6. The standard InChI is InChI=1S/C17H35N3O3S/c1-6-18-16(19-10-12-24(21,22)7-2)20-13-14-9-8-11-23-15(14)17(3,4)5/h14-15H,6-13H2,1-5H3,(H2,18,19,20). The van der Waals surface area contributed by atoms with Gasteiger partial charge in [0.2, 0.25) is 0 Å². The molecule has 0 amide bonds. The predicted octanol–water partition coefficient (Wildman–Crippen LogP) is 1.82. The van der Waals surface area contributed by atoms with Crippen LogP contribution in [-0.2, 0) is 14.6 Å². The maximum absolute atomic E-state index is 11.6. The van der Waals surface area contributed by atoms with Crippen molar-refractivity contribution in [3.8, 4) is 0 Å². The number of rotatable bonds is 7. The summed E-state index contributed by atoms with van der Waals surface area (Å²) in [5.74, 6) is 1.38. The van der Waals surface area contributed by atoms with E-state index in [2.05, 4.69) is 36.4 Å². The first-order valence-electron chi connectivity index (χ1n) is 9.03. The second-order valence-corrected chi connectivity index (χ2v) is 9.92. The quantitative estimate of drug-likeness (QED) is 0.534. The number of ether oxygens (including phenoxy) is 1. The Hall–Kier alpha value is -0.820. The van der Waals surface area contributed by atoms with E-state index in [0.717, 1.165) is 26.0 Å². The molecule has 0 spiro atoms. The van der Waals surface area contributed by atoms with Gasteiger partial charge in [0.15, 0.2) is 15.8 Å². The second kappa shape index (κ2) is 9.61. The van der Waals surface area contributed by atoms with E-state index >= 15 is 0 Å². The number of hydrogen-bond acceptors (Lipinski definition) is 4. The molecule has 1 rings (SSSR count). The fourth-order valence-electron chi connectivity index (χ4n) is 3.01. The molecule has 1 saturated heterocycles. The Balaban J connectivity index is 2.63. The zero-order chi connectivity index (χ0) is 18.2. The topological polar surface area (TPSA) is 79.8 Å². The average Bonchev–Trinajstić information content (AvgIpc) is 2.52. The number of aliphatic imine (C=N–C) groups is 1. The normalized spacial score (nSPS) is 23.1. The van der Waals surface area contributed by atoms with Gasteiger partial charge in [0.05, 0.1) is 11.9 Å². The van der Waals surface area contributed by atoms with Crippen LogP contribution >= 0.6 is 0 Å². The van der Waals surface area contributed by atoms with Crippen LogP contribution in [0.4, 0.5) is 0 Å². The van der Waals surface area contributed by atoms with E-state index in [1.165, 1.54) is 0 Å². The van der Waals surface area contributed by atoms with Gasteiger partial charge in [0, 0.05) is 37.9 Å². The van der Waals surface area contributed by atoms with Crippen molar-refractivity contribution in [1.29, 1.82) is 0 Å². The summed E-state index contributed by atoms with van der Waals surface area (Å²) in [5, 5.41) is 6.31. The van der Waals surface area contributed by atoms with Crippen LogP contribution in [0, 0.1) is 11.3 Å². The van der Waals surface area contributed by atoms with E-state index in [0.29, 0.717) is 25.0 Å². The van der Waals surface area contributed by atoms with E-state index in [1.54, 1.807) is 6.92 Å². The zero-order valence-electron chi connectivity index (χ0n) is 15.9. The van der Waals surface area contributed by atoms with E-state index in [4.69, 9.17) is 4.74 Å². The first kappa shape index (κ1) is 21.2. The molecule has 6 nitrogen and oxygen atoms in total. The van der Waals surface area contributed by atoms with Crippen LogP contribution in [0.5, 0.6) is 0 Å². The lowest BCUT2D eigenvalue weighted by atomic mass is 9.78. The third-order valence-electron chi connectivity index (χ3n) is 4.27. The first-order valence-corrected chi connectivity index (χ1v) is 10.9. The number of sulfone groups is 1. The molecule has 24 heavy (non-hydrogen) atoms. The minimum absolute atomic E-state index is 0.0988. The van der Waals surface area contributed by atoms with Gasteiger partial charge >= 0.3 is 0 Å². The molecule has 2 atom stereocenters. The Morgan fingerprint density at radius 1 is 1.25 bits per heavy atom. The highest BCUT2D eigenvalue weighted by Gasteiger charge is 2.35. The third-order valence-corrected chi connectivity index (χ3v) is 5.98. The lowest BCUT2D eigenvalue weighted by molar-refractivity contribution is -0.0823. The van der Waals surface area contributed by atoms with E-state index in [9.17, 15) is 8.42 Å². The summed E-state index contributed by atoms with van der Waals surface area (Å²) >= 11 is 0. The third kappa shape index (κ3) is 7.38. The molecule has 1 aliphatic heterocycles. The Morgan fingerprint density at radius 3 is 2.54 bits per heavy atom. The summed E-state index contributed by atoms with van der Waals surface area (Å²) < 4.78 is 29.2. The minimum Gasteiger partial charge on any atom is -0.377 e. The molecule has 142 valence electrons. The van der Waals surface area contributed by atoms with Gasteiger partial charge in [0.25, 0.3) is 0 Å². The van der Waals surface area contributed by atoms with Gasteiger partial charge in [-0.15, -0.1) is 0 Å². The van der Waals surface area contributed by atoms with Crippen molar-refractivity contribution in [3.05, 3.63) is 0 Å². The second-order valence-electron chi connectivity index (χ2n) is 7.44. The van der Waals surface area contributed by atoms with Crippen molar-refractivity contribution in [2.75, 3.05) is 37.7 Å². The van der Waals surface area contributed by atoms with Crippen LogP contribution in [0.2, 0.25) is 0 Å². The van der Waals surface area contributed by atoms with Gasteiger partial charge in [0.1, 0.15) is 0 Å². The first-order chi connectivity index (χ1) is 11.2. The molecule has 0 aromatic rings. The van der Waals surface area contributed by atoms with Gasteiger partial charge in [-0.3, -0.25) is 4.99 Å². The summed E-state index contributed by atoms with van der Waals surface area (Å²) in [4.78, 5) is 4.67. The number of hydrogen-bond donors (Lipinski definition) is 2. The summed E-state index contributed by atoms with van der Waals surface area (Å²) in [7, 11) is -2.96. The molecule has 2 N–H and O–H groups in total. The van der Waals surface area contributed by atoms with Crippen LogP contribution in [0.3, 0.4) is 0 Å². The highest BCUT2D eigenvalue weighted by Crippen LogP contribution is 2.34. The van der Waals surface area contributed by atoms with Crippen LogP contribution in [0.15, 0.2) is 4.99 Å². The van der Waals surface area contributed by atoms with Crippen molar-refractivity contribution in [1.82, 2.24) is 10.6 Å². The lowest BCUT2D eigenvalue weighted by Crippen LogP contribution is -2.43. The maximum Gasteiger partial charge on any atom is 0.191 e. The molecular weight excluding hydrogens is 326 g/mol. The predicted molar refractivity (Wildman–Crippen MR) is 100 cm³/mol. The van der Waals surface area contributed by atoms with E-state index in [1.807, 2.05) is 6.92 Å². The number of nitrogens with zero attached hydrogens (tertiary/aromatic N) is 1. The van der Waals surface area contributed by atoms with Gasteiger partial charge < -0.3 is 15.4 Å². The van der Waals surface area contributed by atoms with E-state index in [-0.39, 0.29) is 23.0 Å². The Labute approximate surface area is 147 Å². The monoisotopic (exact) mass is 361 g/mol. The Kier molecular flexibility index (Phi) is 8.50. The molecule has 0 aromatic carbocycles. The van der Waals surface area contributed by atoms with Crippen molar-refractivity contribution >= 4 is 15.8 Å². The van der Waals surface area contributed by atoms with Gasteiger partial charge in [-0.1, -0.05) is 27.7 Å². The summed E-state index contributed by atoms with van der Waals surface area (Å²) in [6.07, 6.45) is 2.40. The molecule has 1 heterocycles. The molecule has 0 bridgehead atoms. The fourth-order valence-corrected chi connectivity index (χ4v) is 3.71. The molecule has 0 aromatic heterocycles. The largest absolute Gasteiger partial charge is 0.377 e. The van der Waals surface area contributed by atoms with E-state index < -0.39 is 9.84 Å². The van der Waals surface area contributed by atoms with Crippen molar-refractivity contribution in [3.63, 3.8) is 0 Å². The minimum atomic E-state index is -2.96. The lowest BCUT2D eigenvalue weighted by Gasteiger charge is -2.39. The van der Waals surface area contributed by atoms with Crippen molar-refractivity contribution in [2.45, 2.75) is 53.6 Å².